The van der Waals surface area contributed by atoms with Gasteiger partial charge in [0.05, 0.1) is 6.54 Å². The van der Waals surface area contributed by atoms with Gasteiger partial charge in [0, 0.05) is 17.8 Å². The number of nitrogens with one attached hydrogen (secondary N) is 3. The zero-order chi connectivity index (χ0) is 15.1. The SMILES string of the molecule is C=CCNC(=O)c1ccc(NC(=O)CNCC2CC2)cc1. The number of benzene rings is 1. The molecule has 0 atom stereocenters. The maximum Gasteiger partial charge on any atom is 0.251 e. The fourth-order valence-electron chi connectivity index (χ4n) is 1.89. The second-order valence-electron chi connectivity index (χ2n) is 5.20. The van der Waals surface area contributed by atoms with Gasteiger partial charge in [-0.3, -0.25) is 9.59 Å². The van der Waals surface area contributed by atoms with Crippen molar-refractivity contribution in [2.75, 3.05) is 25.0 Å². The van der Waals surface area contributed by atoms with E-state index in [4.69, 9.17) is 0 Å². The molecule has 2 rings (SSSR count). The molecule has 5 nitrogen and oxygen atoms in total. The lowest BCUT2D eigenvalue weighted by Crippen LogP contribution is -2.29. The van der Waals surface area contributed by atoms with Gasteiger partial charge in [-0.15, -0.1) is 6.58 Å². The predicted octanol–water partition coefficient (Wildman–Crippen LogP) is 1.54. The highest BCUT2D eigenvalue weighted by Gasteiger charge is 2.20. The van der Waals surface area contributed by atoms with Crippen LogP contribution in [-0.4, -0.2) is 31.4 Å². The van der Waals surface area contributed by atoms with Gasteiger partial charge in [0.15, 0.2) is 0 Å². The average molecular weight is 287 g/mol. The zero-order valence-corrected chi connectivity index (χ0v) is 12.0. The van der Waals surface area contributed by atoms with E-state index in [1.807, 2.05) is 0 Å². The molecule has 0 heterocycles. The van der Waals surface area contributed by atoms with Crippen LogP contribution in [0.3, 0.4) is 0 Å². The molecular formula is C16H21N3O2. The van der Waals surface area contributed by atoms with Crippen LogP contribution in [0, 0.1) is 5.92 Å². The molecule has 1 saturated carbocycles. The summed E-state index contributed by atoms with van der Waals surface area (Å²) in [6.45, 7) is 5.21. The fraction of sp³-hybridized carbons (Fsp3) is 0.375. The van der Waals surface area contributed by atoms with Gasteiger partial charge in [0.25, 0.3) is 5.91 Å². The Bertz CT molecular complexity index is 507. The van der Waals surface area contributed by atoms with Gasteiger partial charge in [-0.25, -0.2) is 0 Å². The van der Waals surface area contributed by atoms with E-state index in [0.29, 0.717) is 24.3 Å². The third-order valence-electron chi connectivity index (χ3n) is 3.25. The molecule has 5 heteroatoms. The van der Waals surface area contributed by atoms with Crippen molar-refractivity contribution in [2.24, 2.45) is 5.92 Å². The standard InChI is InChI=1S/C16H21N3O2/c1-2-9-18-16(21)13-5-7-14(8-6-13)19-15(20)11-17-10-12-3-4-12/h2,5-8,12,17H,1,3-4,9-11H2,(H,18,21)(H,19,20). The van der Waals surface area contributed by atoms with Crippen LogP contribution in [0.5, 0.6) is 0 Å². The molecule has 21 heavy (non-hydrogen) atoms. The highest BCUT2D eigenvalue weighted by Crippen LogP contribution is 2.27. The van der Waals surface area contributed by atoms with E-state index in [-0.39, 0.29) is 11.8 Å². The first-order valence-corrected chi connectivity index (χ1v) is 7.19. The summed E-state index contributed by atoms with van der Waals surface area (Å²) in [4.78, 5) is 23.4. The minimum atomic E-state index is -0.154. The molecule has 3 N–H and O–H groups in total. The van der Waals surface area contributed by atoms with Crippen LogP contribution in [0.1, 0.15) is 23.2 Å². The normalized spacial score (nSPS) is 13.5. The summed E-state index contributed by atoms with van der Waals surface area (Å²) in [5.41, 5.74) is 1.25. The molecule has 0 spiro atoms. The van der Waals surface area contributed by atoms with Crippen molar-refractivity contribution in [3.05, 3.63) is 42.5 Å². The van der Waals surface area contributed by atoms with Crippen molar-refractivity contribution in [1.29, 1.82) is 0 Å². The number of rotatable bonds is 8. The van der Waals surface area contributed by atoms with Crippen molar-refractivity contribution in [2.45, 2.75) is 12.8 Å². The Kier molecular flexibility index (Phi) is 5.51. The van der Waals surface area contributed by atoms with Crippen LogP contribution >= 0.6 is 0 Å². The minimum Gasteiger partial charge on any atom is -0.349 e. The first-order valence-electron chi connectivity index (χ1n) is 7.19. The van der Waals surface area contributed by atoms with Crippen molar-refractivity contribution >= 4 is 17.5 Å². The molecule has 1 aliphatic carbocycles. The summed E-state index contributed by atoms with van der Waals surface area (Å²) in [6.07, 6.45) is 4.16. The first-order chi connectivity index (χ1) is 10.2. The van der Waals surface area contributed by atoms with E-state index in [0.717, 1.165) is 12.5 Å². The molecule has 1 aliphatic rings. The van der Waals surface area contributed by atoms with Crippen molar-refractivity contribution in [3.8, 4) is 0 Å². The first kappa shape index (κ1) is 15.3. The van der Waals surface area contributed by atoms with Crippen LogP contribution in [0.25, 0.3) is 0 Å². The van der Waals surface area contributed by atoms with Crippen molar-refractivity contribution in [3.63, 3.8) is 0 Å². The summed E-state index contributed by atoms with van der Waals surface area (Å²) in [5.74, 6) is 0.532. The Labute approximate surface area is 124 Å². The summed E-state index contributed by atoms with van der Waals surface area (Å²) in [6, 6.07) is 6.82. The molecule has 112 valence electrons. The second kappa shape index (κ2) is 7.59. The van der Waals surface area contributed by atoms with Gasteiger partial charge in [0.2, 0.25) is 5.91 Å². The lowest BCUT2D eigenvalue weighted by atomic mass is 10.2. The molecule has 0 unspecified atom stereocenters. The smallest absolute Gasteiger partial charge is 0.251 e. The molecule has 1 aromatic rings. The summed E-state index contributed by atoms with van der Waals surface area (Å²) in [7, 11) is 0. The third kappa shape index (κ3) is 5.39. The van der Waals surface area contributed by atoms with E-state index in [1.165, 1.54) is 12.8 Å². The van der Waals surface area contributed by atoms with E-state index in [1.54, 1.807) is 30.3 Å². The number of hydrogen-bond acceptors (Lipinski definition) is 3. The Morgan fingerprint density at radius 2 is 1.95 bits per heavy atom. The molecule has 2 amide bonds. The summed E-state index contributed by atoms with van der Waals surface area (Å²) < 4.78 is 0. The molecule has 0 saturated heterocycles. The van der Waals surface area contributed by atoms with Gasteiger partial charge in [-0.2, -0.15) is 0 Å². The van der Waals surface area contributed by atoms with E-state index in [9.17, 15) is 9.59 Å². The number of carbonyl (C=O) groups excluding carboxylic acids is 2. The van der Waals surface area contributed by atoms with E-state index in [2.05, 4.69) is 22.5 Å². The van der Waals surface area contributed by atoms with Crippen molar-refractivity contribution < 1.29 is 9.59 Å². The molecule has 0 aromatic heterocycles. The Hall–Kier alpha value is -2.14. The predicted molar refractivity (Wildman–Crippen MR) is 83.2 cm³/mol. The highest BCUT2D eigenvalue weighted by atomic mass is 16.2. The Morgan fingerprint density at radius 3 is 2.57 bits per heavy atom. The molecule has 1 aromatic carbocycles. The lowest BCUT2D eigenvalue weighted by Gasteiger charge is -2.07. The maximum atomic E-state index is 11.7. The summed E-state index contributed by atoms with van der Waals surface area (Å²) in [5, 5.41) is 8.63. The fourth-order valence-corrected chi connectivity index (χ4v) is 1.89. The van der Waals surface area contributed by atoms with Gasteiger partial charge in [0.1, 0.15) is 0 Å². The monoisotopic (exact) mass is 287 g/mol. The zero-order valence-electron chi connectivity index (χ0n) is 12.0. The van der Waals surface area contributed by atoms with E-state index < -0.39 is 0 Å². The second-order valence-corrected chi connectivity index (χ2v) is 5.20. The van der Waals surface area contributed by atoms with Gasteiger partial charge in [-0.1, -0.05) is 6.08 Å². The quantitative estimate of drug-likeness (QED) is 0.635. The van der Waals surface area contributed by atoms with Crippen LogP contribution in [-0.2, 0) is 4.79 Å². The van der Waals surface area contributed by atoms with Gasteiger partial charge in [-0.05, 0) is 49.6 Å². The van der Waals surface area contributed by atoms with Gasteiger partial charge < -0.3 is 16.0 Å². The molecular weight excluding hydrogens is 266 g/mol. The molecule has 0 aliphatic heterocycles. The summed E-state index contributed by atoms with van der Waals surface area (Å²) >= 11 is 0. The Morgan fingerprint density at radius 1 is 1.24 bits per heavy atom. The van der Waals surface area contributed by atoms with Crippen LogP contribution in [0.2, 0.25) is 0 Å². The maximum absolute atomic E-state index is 11.7. The number of hydrogen-bond donors (Lipinski definition) is 3. The molecule has 0 radical (unpaired) electrons. The topological polar surface area (TPSA) is 70.2 Å². The van der Waals surface area contributed by atoms with E-state index >= 15 is 0 Å². The van der Waals surface area contributed by atoms with Gasteiger partial charge >= 0.3 is 0 Å². The molecule has 0 bridgehead atoms. The molecule has 1 fully saturated rings. The van der Waals surface area contributed by atoms with Crippen molar-refractivity contribution in [1.82, 2.24) is 10.6 Å². The third-order valence-corrected chi connectivity index (χ3v) is 3.25. The largest absolute Gasteiger partial charge is 0.349 e. The number of amides is 2. The highest BCUT2D eigenvalue weighted by molar-refractivity contribution is 5.96. The van der Waals surface area contributed by atoms with Crippen LogP contribution in [0.15, 0.2) is 36.9 Å². The average Bonchev–Trinajstić information content (AvgIpc) is 3.29. The number of anilines is 1. The Balaban J connectivity index is 1.76. The van der Waals surface area contributed by atoms with Crippen LogP contribution in [0.4, 0.5) is 5.69 Å². The van der Waals surface area contributed by atoms with Crippen LogP contribution < -0.4 is 16.0 Å². The minimum absolute atomic E-state index is 0.0699. The number of carbonyl (C=O) groups is 2. The lowest BCUT2D eigenvalue weighted by molar-refractivity contribution is -0.115.